The molecular weight excluding hydrogens is 322 g/mol. The maximum Gasteiger partial charge on any atom is 0.260 e. The molecule has 0 aliphatic carbocycles. The molecular formula is C14H21N3O5S. The van der Waals surface area contributed by atoms with Crippen molar-refractivity contribution >= 4 is 27.3 Å². The zero-order chi connectivity index (χ0) is 17.6. The second kappa shape index (κ2) is 7.82. The third kappa shape index (κ3) is 5.44. The van der Waals surface area contributed by atoms with Crippen LogP contribution in [0.2, 0.25) is 0 Å². The lowest BCUT2D eigenvalue weighted by Gasteiger charge is -2.22. The molecule has 0 aliphatic heterocycles. The highest BCUT2D eigenvalue weighted by Crippen LogP contribution is 2.32. The van der Waals surface area contributed by atoms with Crippen molar-refractivity contribution in [2.75, 3.05) is 31.3 Å². The van der Waals surface area contributed by atoms with Gasteiger partial charge in [0, 0.05) is 11.8 Å². The Kier molecular flexibility index (Phi) is 6.38. The predicted octanol–water partition coefficient (Wildman–Crippen LogP) is 0.982. The number of methoxy groups -OCH3 is 2. The molecule has 0 unspecified atom stereocenters. The lowest BCUT2D eigenvalue weighted by Crippen LogP contribution is -2.39. The molecule has 1 aromatic rings. The molecule has 0 aromatic heterocycles. The van der Waals surface area contributed by atoms with E-state index in [1.54, 1.807) is 19.9 Å². The molecule has 1 aromatic carbocycles. The third-order valence-corrected chi connectivity index (χ3v) is 3.89. The Balaban J connectivity index is 3.13. The van der Waals surface area contributed by atoms with Crippen LogP contribution in [0.5, 0.6) is 11.5 Å². The van der Waals surface area contributed by atoms with E-state index in [1.165, 1.54) is 26.4 Å². The maximum absolute atomic E-state index is 12.0. The van der Waals surface area contributed by atoms with E-state index in [-0.39, 0.29) is 5.69 Å². The Morgan fingerprint density at radius 3 is 2.30 bits per heavy atom. The minimum Gasteiger partial charge on any atom is -0.493 e. The van der Waals surface area contributed by atoms with Crippen molar-refractivity contribution in [3.05, 3.63) is 18.2 Å². The van der Waals surface area contributed by atoms with E-state index in [2.05, 4.69) is 10.5 Å². The lowest BCUT2D eigenvalue weighted by molar-refractivity contribution is -0.119. The number of carbonyl (C=O) groups excluding carboxylic acids is 1. The first kappa shape index (κ1) is 18.8. The number of hydrazone groups is 1. The molecule has 0 fully saturated rings. The van der Waals surface area contributed by atoms with Crippen molar-refractivity contribution in [2.24, 2.45) is 5.10 Å². The number of amides is 1. The van der Waals surface area contributed by atoms with E-state index in [0.29, 0.717) is 17.2 Å². The van der Waals surface area contributed by atoms with Gasteiger partial charge in [0.15, 0.2) is 11.5 Å². The van der Waals surface area contributed by atoms with Crippen LogP contribution in [0.15, 0.2) is 23.3 Å². The Hall–Kier alpha value is -2.29. The van der Waals surface area contributed by atoms with Gasteiger partial charge in [-0.2, -0.15) is 5.10 Å². The first-order valence-corrected chi connectivity index (χ1v) is 8.53. The maximum atomic E-state index is 12.0. The molecule has 8 nitrogen and oxygen atoms in total. The van der Waals surface area contributed by atoms with E-state index in [9.17, 15) is 13.2 Å². The molecule has 0 saturated heterocycles. The van der Waals surface area contributed by atoms with Crippen LogP contribution in [0, 0.1) is 0 Å². The molecule has 0 saturated carbocycles. The molecule has 0 aliphatic rings. The molecule has 1 rings (SSSR count). The molecule has 9 heteroatoms. The van der Waals surface area contributed by atoms with Gasteiger partial charge in [0.2, 0.25) is 10.0 Å². The highest BCUT2D eigenvalue weighted by Gasteiger charge is 2.22. The van der Waals surface area contributed by atoms with Crippen LogP contribution in [0.4, 0.5) is 5.69 Å². The Labute approximate surface area is 136 Å². The summed E-state index contributed by atoms with van der Waals surface area (Å²) < 4.78 is 35.2. The Morgan fingerprint density at radius 1 is 1.22 bits per heavy atom. The van der Waals surface area contributed by atoms with Gasteiger partial charge >= 0.3 is 0 Å². The third-order valence-electron chi connectivity index (χ3n) is 2.75. The largest absolute Gasteiger partial charge is 0.493 e. The number of carbonyl (C=O) groups is 1. The topological polar surface area (TPSA) is 97.3 Å². The van der Waals surface area contributed by atoms with Crippen molar-refractivity contribution in [3.8, 4) is 11.5 Å². The first-order valence-electron chi connectivity index (χ1n) is 6.68. The SMILES string of the molecule is COc1ccc(N(CC(=O)NN=C(C)C)S(C)(=O)=O)cc1OC. The molecule has 23 heavy (non-hydrogen) atoms. The molecule has 1 N–H and O–H groups in total. The summed E-state index contributed by atoms with van der Waals surface area (Å²) in [4.78, 5) is 11.9. The van der Waals surface area contributed by atoms with Crippen LogP contribution in [-0.2, 0) is 14.8 Å². The second-order valence-electron chi connectivity index (χ2n) is 4.90. The van der Waals surface area contributed by atoms with Crippen molar-refractivity contribution in [3.63, 3.8) is 0 Å². The number of hydrogen-bond donors (Lipinski definition) is 1. The zero-order valence-corrected chi connectivity index (χ0v) is 14.6. The predicted molar refractivity (Wildman–Crippen MR) is 88.7 cm³/mol. The Bertz CT molecular complexity index is 696. The summed E-state index contributed by atoms with van der Waals surface area (Å²) >= 11 is 0. The number of benzene rings is 1. The van der Waals surface area contributed by atoms with Crippen LogP contribution >= 0.6 is 0 Å². The fraction of sp³-hybridized carbons (Fsp3) is 0.429. The molecule has 0 atom stereocenters. The quantitative estimate of drug-likeness (QED) is 0.588. The lowest BCUT2D eigenvalue weighted by atomic mass is 10.2. The van der Waals surface area contributed by atoms with E-state index in [4.69, 9.17) is 9.47 Å². The smallest absolute Gasteiger partial charge is 0.260 e. The summed E-state index contributed by atoms with van der Waals surface area (Å²) in [5.74, 6) is 0.272. The highest BCUT2D eigenvalue weighted by molar-refractivity contribution is 7.92. The zero-order valence-electron chi connectivity index (χ0n) is 13.8. The van der Waals surface area contributed by atoms with Gasteiger partial charge in [0.25, 0.3) is 5.91 Å². The van der Waals surface area contributed by atoms with Crippen LogP contribution in [-0.4, -0.2) is 47.1 Å². The second-order valence-corrected chi connectivity index (χ2v) is 6.81. The summed E-state index contributed by atoms with van der Waals surface area (Å²) in [6.07, 6.45) is 1.02. The van der Waals surface area contributed by atoms with Gasteiger partial charge in [-0.15, -0.1) is 0 Å². The van der Waals surface area contributed by atoms with Crippen molar-refractivity contribution in [1.29, 1.82) is 0 Å². The van der Waals surface area contributed by atoms with Gasteiger partial charge in [0.1, 0.15) is 6.54 Å². The number of sulfonamides is 1. The van der Waals surface area contributed by atoms with E-state index in [0.717, 1.165) is 10.6 Å². The van der Waals surface area contributed by atoms with Gasteiger partial charge < -0.3 is 9.47 Å². The minimum atomic E-state index is -3.67. The molecule has 1 amide bonds. The van der Waals surface area contributed by atoms with Crippen LogP contribution in [0.25, 0.3) is 0 Å². The van der Waals surface area contributed by atoms with Crippen LogP contribution < -0.4 is 19.2 Å². The Morgan fingerprint density at radius 2 is 1.83 bits per heavy atom. The van der Waals surface area contributed by atoms with Gasteiger partial charge in [-0.25, -0.2) is 13.8 Å². The van der Waals surface area contributed by atoms with E-state index in [1.807, 2.05) is 0 Å². The van der Waals surface area contributed by atoms with Crippen molar-refractivity contribution in [1.82, 2.24) is 5.43 Å². The fourth-order valence-electron chi connectivity index (χ4n) is 1.72. The van der Waals surface area contributed by atoms with Crippen LogP contribution in [0.3, 0.4) is 0 Å². The molecule has 0 radical (unpaired) electrons. The fourth-order valence-corrected chi connectivity index (χ4v) is 2.57. The molecule has 0 bridgehead atoms. The van der Waals surface area contributed by atoms with Crippen molar-refractivity contribution in [2.45, 2.75) is 13.8 Å². The molecule has 0 heterocycles. The number of hydrogen-bond acceptors (Lipinski definition) is 6. The standard InChI is InChI=1S/C14H21N3O5S/c1-10(2)15-16-14(18)9-17(23(5,19)20)11-6-7-12(21-3)13(8-11)22-4/h6-8H,9H2,1-5H3,(H,16,18). The summed E-state index contributed by atoms with van der Waals surface area (Å²) in [6, 6.07) is 4.59. The summed E-state index contributed by atoms with van der Waals surface area (Å²) in [6.45, 7) is 3.02. The van der Waals surface area contributed by atoms with Gasteiger partial charge in [-0.05, 0) is 26.0 Å². The summed E-state index contributed by atoms with van der Waals surface area (Å²) in [5, 5.41) is 3.77. The summed E-state index contributed by atoms with van der Waals surface area (Å²) in [7, 11) is -0.750. The molecule has 128 valence electrons. The molecule has 0 spiro atoms. The average molecular weight is 343 g/mol. The number of anilines is 1. The average Bonchev–Trinajstić information content (AvgIpc) is 2.48. The normalized spacial score (nSPS) is 10.7. The number of rotatable bonds is 7. The van der Waals surface area contributed by atoms with Gasteiger partial charge in [-0.1, -0.05) is 0 Å². The van der Waals surface area contributed by atoms with Crippen LogP contribution in [0.1, 0.15) is 13.8 Å². The van der Waals surface area contributed by atoms with Gasteiger partial charge in [-0.3, -0.25) is 9.10 Å². The van der Waals surface area contributed by atoms with E-state index < -0.39 is 22.5 Å². The van der Waals surface area contributed by atoms with Crippen molar-refractivity contribution < 1.29 is 22.7 Å². The minimum absolute atomic E-state index is 0.289. The van der Waals surface area contributed by atoms with Gasteiger partial charge in [0.05, 0.1) is 26.2 Å². The van der Waals surface area contributed by atoms with E-state index >= 15 is 0 Å². The summed E-state index contributed by atoms with van der Waals surface area (Å²) in [5.41, 5.74) is 3.23. The monoisotopic (exact) mass is 343 g/mol. The number of nitrogens with one attached hydrogen (secondary N) is 1. The highest BCUT2D eigenvalue weighted by atomic mass is 32.2. The number of nitrogens with zero attached hydrogens (tertiary/aromatic N) is 2. The first-order chi connectivity index (χ1) is 10.7. The number of ether oxygens (including phenoxy) is 2.